The number of ether oxygens (including phenoxy) is 1. The molecule has 7 nitrogen and oxygen atoms in total. The molecule has 1 N–H and O–H groups in total. The Morgan fingerprint density at radius 2 is 1.62 bits per heavy atom. The largest absolute Gasteiger partial charge is 0.438 e. The third-order valence-corrected chi connectivity index (χ3v) is 5.60. The van der Waals surface area contributed by atoms with E-state index in [4.69, 9.17) is 4.74 Å². The first kappa shape index (κ1) is 21.2. The fourth-order valence-corrected chi connectivity index (χ4v) is 3.24. The second-order valence-corrected chi connectivity index (χ2v) is 7.82. The molecule has 0 unspecified atom stereocenters. The van der Waals surface area contributed by atoms with Crippen LogP contribution < -0.4 is 10.1 Å². The Labute approximate surface area is 187 Å². The van der Waals surface area contributed by atoms with Gasteiger partial charge in [0.15, 0.2) is 5.82 Å². The molecule has 1 amide bonds. The molecule has 0 saturated carbocycles. The molecule has 32 heavy (non-hydrogen) atoms. The van der Waals surface area contributed by atoms with Crippen LogP contribution in [0.3, 0.4) is 0 Å². The first-order valence-corrected chi connectivity index (χ1v) is 10.4. The Morgan fingerprint density at radius 1 is 0.875 bits per heavy atom. The van der Waals surface area contributed by atoms with Gasteiger partial charge in [-0.25, -0.2) is 4.68 Å². The second-order valence-electron chi connectivity index (χ2n) is 7.82. The summed E-state index contributed by atoms with van der Waals surface area (Å²) in [5.74, 6) is 1.45. The summed E-state index contributed by atoms with van der Waals surface area (Å²) < 4.78 is 7.56. The standard InChI is InChI=1S/C25H25N5O2/c1-15-6-7-20(14-16(15)2)25(31)26-21-8-10-22(11-9-21)32-24-13-12-23(27-28-24)30-19(5)17(3)18(4)29-30/h6-14H,1-5H3,(H,26,31). The highest BCUT2D eigenvalue weighted by Crippen LogP contribution is 2.23. The van der Waals surface area contributed by atoms with E-state index in [0.29, 0.717) is 28.7 Å². The first-order valence-electron chi connectivity index (χ1n) is 10.4. The van der Waals surface area contributed by atoms with Crippen molar-refractivity contribution < 1.29 is 9.53 Å². The summed E-state index contributed by atoms with van der Waals surface area (Å²) in [7, 11) is 0. The Balaban J connectivity index is 1.41. The minimum Gasteiger partial charge on any atom is -0.438 e. The van der Waals surface area contributed by atoms with Crippen LogP contribution in [0.5, 0.6) is 11.6 Å². The number of benzene rings is 2. The number of nitrogens with one attached hydrogen (secondary N) is 1. The molecule has 2 heterocycles. The van der Waals surface area contributed by atoms with E-state index in [2.05, 4.69) is 20.6 Å². The average Bonchev–Trinajstić information content (AvgIpc) is 3.05. The predicted molar refractivity (Wildman–Crippen MR) is 124 cm³/mol. The molecule has 0 aliphatic rings. The number of hydrogen-bond acceptors (Lipinski definition) is 5. The van der Waals surface area contributed by atoms with Crippen molar-refractivity contribution in [2.45, 2.75) is 34.6 Å². The number of nitrogens with zero attached hydrogens (tertiary/aromatic N) is 4. The van der Waals surface area contributed by atoms with Crippen molar-refractivity contribution in [2.24, 2.45) is 0 Å². The smallest absolute Gasteiger partial charge is 0.255 e. The summed E-state index contributed by atoms with van der Waals surface area (Å²) in [6.07, 6.45) is 0. The molecule has 2 aromatic carbocycles. The van der Waals surface area contributed by atoms with Crippen LogP contribution in [0, 0.1) is 34.6 Å². The lowest BCUT2D eigenvalue weighted by atomic mass is 10.1. The summed E-state index contributed by atoms with van der Waals surface area (Å²) in [4.78, 5) is 12.5. The third-order valence-electron chi connectivity index (χ3n) is 5.60. The van der Waals surface area contributed by atoms with Crippen LogP contribution in [-0.4, -0.2) is 25.9 Å². The SMILES string of the molecule is Cc1ccc(C(=O)Nc2ccc(Oc3ccc(-n4nc(C)c(C)c4C)nn3)cc2)cc1C. The Morgan fingerprint density at radius 3 is 2.22 bits per heavy atom. The topological polar surface area (TPSA) is 81.9 Å². The predicted octanol–water partition coefficient (Wildman–Crippen LogP) is 5.25. The Kier molecular flexibility index (Phi) is 5.73. The van der Waals surface area contributed by atoms with Gasteiger partial charge in [0.2, 0.25) is 5.88 Å². The monoisotopic (exact) mass is 427 g/mol. The molecule has 0 aliphatic heterocycles. The zero-order valence-corrected chi connectivity index (χ0v) is 18.8. The summed E-state index contributed by atoms with van der Waals surface area (Å²) in [5.41, 5.74) is 6.68. The number of amides is 1. The molecule has 7 heteroatoms. The van der Waals surface area contributed by atoms with Crippen molar-refractivity contribution in [3.05, 3.63) is 88.2 Å². The van der Waals surface area contributed by atoms with Crippen LogP contribution in [-0.2, 0) is 0 Å². The molecule has 0 saturated heterocycles. The zero-order chi connectivity index (χ0) is 22.8. The van der Waals surface area contributed by atoms with Crippen LogP contribution in [0.25, 0.3) is 5.82 Å². The number of carbonyl (C=O) groups is 1. The summed E-state index contributed by atoms with van der Waals surface area (Å²) in [6.45, 7) is 10.0. The van der Waals surface area contributed by atoms with Crippen LogP contribution in [0.2, 0.25) is 0 Å². The summed E-state index contributed by atoms with van der Waals surface area (Å²) >= 11 is 0. The molecule has 4 rings (SSSR count). The molecule has 0 atom stereocenters. The fourth-order valence-electron chi connectivity index (χ4n) is 3.24. The first-order chi connectivity index (χ1) is 15.3. The molecule has 4 aromatic rings. The second kappa shape index (κ2) is 8.63. The molecule has 0 aliphatic carbocycles. The maximum Gasteiger partial charge on any atom is 0.255 e. The number of hydrogen-bond donors (Lipinski definition) is 1. The molecule has 0 bridgehead atoms. The van der Waals surface area contributed by atoms with Crippen molar-refractivity contribution in [2.75, 3.05) is 5.32 Å². The minimum atomic E-state index is -0.150. The molecular formula is C25H25N5O2. The minimum absolute atomic E-state index is 0.150. The van der Waals surface area contributed by atoms with Gasteiger partial charge in [0.1, 0.15) is 5.75 Å². The quantitative estimate of drug-likeness (QED) is 0.470. The normalized spacial score (nSPS) is 10.8. The van der Waals surface area contributed by atoms with Gasteiger partial charge >= 0.3 is 0 Å². The van der Waals surface area contributed by atoms with E-state index in [1.165, 1.54) is 0 Å². The van der Waals surface area contributed by atoms with Gasteiger partial charge in [-0.3, -0.25) is 4.79 Å². The van der Waals surface area contributed by atoms with Crippen LogP contribution in [0.1, 0.15) is 38.4 Å². The molecular weight excluding hydrogens is 402 g/mol. The lowest BCUT2D eigenvalue weighted by molar-refractivity contribution is 0.102. The third kappa shape index (κ3) is 4.37. The highest BCUT2D eigenvalue weighted by Gasteiger charge is 2.11. The molecule has 162 valence electrons. The number of aromatic nitrogens is 4. The van der Waals surface area contributed by atoms with Gasteiger partial charge in [0.25, 0.3) is 5.91 Å². The number of anilines is 1. The van der Waals surface area contributed by atoms with Crippen LogP contribution in [0.15, 0.2) is 54.6 Å². The van der Waals surface area contributed by atoms with Crippen molar-refractivity contribution in [1.29, 1.82) is 0 Å². The maximum atomic E-state index is 12.5. The zero-order valence-electron chi connectivity index (χ0n) is 18.8. The summed E-state index contributed by atoms with van der Waals surface area (Å²) in [6, 6.07) is 16.4. The van der Waals surface area contributed by atoms with E-state index in [0.717, 1.165) is 28.1 Å². The van der Waals surface area contributed by atoms with Crippen molar-refractivity contribution in [3.8, 4) is 17.4 Å². The molecule has 0 radical (unpaired) electrons. The van der Waals surface area contributed by atoms with E-state index in [1.807, 2.05) is 58.9 Å². The van der Waals surface area contributed by atoms with Crippen molar-refractivity contribution in [3.63, 3.8) is 0 Å². The van der Waals surface area contributed by atoms with Crippen LogP contribution in [0.4, 0.5) is 5.69 Å². The average molecular weight is 428 g/mol. The van der Waals surface area contributed by atoms with Gasteiger partial charge in [-0.2, -0.15) is 5.10 Å². The molecule has 2 aromatic heterocycles. The van der Waals surface area contributed by atoms with Gasteiger partial charge in [0.05, 0.1) is 5.69 Å². The summed E-state index contributed by atoms with van der Waals surface area (Å²) in [5, 5.41) is 15.8. The maximum absolute atomic E-state index is 12.5. The Hall–Kier alpha value is -4.00. The number of aryl methyl sites for hydroxylation is 3. The van der Waals surface area contributed by atoms with Gasteiger partial charge in [-0.1, -0.05) is 6.07 Å². The van der Waals surface area contributed by atoms with E-state index in [1.54, 1.807) is 35.0 Å². The fraction of sp³-hybridized carbons (Fsp3) is 0.200. The lowest BCUT2D eigenvalue weighted by Gasteiger charge is -2.09. The van der Waals surface area contributed by atoms with E-state index >= 15 is 0 Å². The number of carbonyl (C=O) groups excluding carboxylic acids is 1. The Bertz CT molecular complexity index is 1280. The van der Waals surface area contributed by atoms with Crippen molar-refractivity contribution in [1.82, 2.24) is 20.0 Å². The van der Waals surface area contributed by atoms with Gasteiger partial charge in [0, 0.05) is 23.0 Å². The molecule has 0 spiro atoms. The van der Waals surface area contributed by atoms with Crippen molar-refractivity contribution >= 4 is 11.6 Å². The van der Waals surface area contributed by atoms with Gasteiger partial charge < -0.3 is 10.1 Å². The van der Waals surface area contributed by atoms with Crippen LogP contribution >= 0.6 is 0 Å². The van der Waals surface area contributed by atoms with E-state index in [-0.39, 0.29) is 5.91 Å². The van der Waals surface area contributed by atoms with E-state index < -0.39 is 0 Å². The molecule has 0 fully saturated rings. The highest BCUT2D eigenvalue weighted by molar-refractivity contribution is 6.04. The van der Waals surface area contributed by atoms with Gasteiger partial charge in [-0.05, 0) is 93.8 Å². The number of rotatable bonds is 5. The van der Waals surface area contributed by atoms with E-state index in [9.17, 15) is 4.79 Å². The van der Waals surface area contributed by atoms with Gasteiger partial charge in [-0.15, -0.1) is 10.2 Å². The lowest BCUT2D eigenvalue weighted by Crippen LogP contribution is -2.12. The highest BCUT2D eigenvalue weighted by atomic mass is 16.5.